The Labute approximate surface area is 117 Å². The number of pyridine rings is 1. The lowest BCUT2D eigenvalue weighted by molar-refractivity contribution is -0.181. The minimum Gasteiger partial charge on any atom is -0.461 e. The van der Waals surface area contributed by atoms with Crippen molar-refractivity contribution < 1.29 is 28.6 Å². The summed E-state index contributed by atoms with van der Waals surface area (Å²) in [6.07, 6.45) is 1.40. The van der Waals surface area contributed by atoms with Crippen molar-refractivity contribution in [1.82, 2.24) is 4.98 Å². The van der Waals surface area contributed by atoms with Gasteiger partial charge in [0.15, 0.2) is 5.85 Å². The molecular formula is C12H18NO6P. The summed E-state index contributed by atoms with van der Waals surface area (Å²) in [5, 5.41) is 0. The summed E-state index contributed by atoms with van der Waals surface area (Å²) < 4.78 is 27.7. The highest BCUT2D eigenvalue weighted by Gasteiger charge is 2.37. The summed E-state index contributed by atoms with van der Waals surface area (Å²) in [5.41, 5.74) is 1.49. The fourth-order valence-electron chi connectivity index (χ4n) is 2.12. The van der Waals surface area contributed by atoms with Gasteiger partial charge in [0.1, 0.15) is 5.75 Å². The second kappa shape index (κ2) is 5.09. The predicted octanol–water partition coefficient (Wildman–Crippen LogP) is 1.86. The minimum atomic E-state index is -4.46. The summed E-state index contributed by atoms with van der Waals surface area (Å²) in [6.45, 7) is 5.47. The number of nitrogens with zero attached hydrogens (tertiary/aromatic N) is 1. The maximum atomic E-state index is 11.5. The molecule has 1 aliphatic rings. The zero-order valence-electron chi connectivity index (χ0n) is 11.8. The van der Waals surface area contributed by atoms with E-state index in [9.17, 15) is 14.4 Å². The van der Waals surface area contributed by atoms with Crippen molar-refractivity contribution in [3.05, 3.63) is 23.0 Å². The average molecular weight is 303 g/mol. The molecule has 112 valence electrons. The SMILES string of the molecule is COC(c1cnc(C)c2c1COC(C)(C)O2)P(=O)(O)O. The molecular weight excluding hydrogens is 285 g/mol. The Kier molecular flexibility index (Phi) is 3.92. The smallest absolute Gasteiger partial charge is 0.358 e. The molecule has 1 aliphatic heterocycles. The van der Waals surface area contributed by atoms with Crippen molar-refractivity contribution in [3.63, 3.8) is 0 Å². The van der Waals surface area contributed by atoms with Gasteiger partial charge in [0.2, 0.25) is 5.79 Å². The highest BCUT2D eigenvalue weighted by Crippen LogP contribution is 2.54. The van der Waals surface area contributed by atoms with Crippen LogP contribution in [0.3, 0.4) is 0 Å². The van der Waals surface area contributed by atoms with Crippen LogP contribution in [-0.2, 0) is 20.6 Å². The molecule has 1 aromatic heterocycles. The number of ether oxygens (including phenoxy) is 3. The van der Waals surface area contributed by atoms with Crippen LogP contribution in [0, 0.1) is 6.92 Å². The van der Waals surface area contributed by atoms with Crippen molar-refractivity contribution in [3.8, 4) is 5.75 Å². The summed E-state index contributed by atoms with van der Waals surface area (Å²) >= 11 is 0. The molecule has 0 saturated heterocycles. The second-order valence-electron chi connectivity index (χ2n) is 5.07. The zero-order valence-corrected chi connectivity index (χ0v) is 12.7. The summed E-state index contributed by atoms with van der Waals surface area (Å²) in [4.78, 5) is 22.9. The normalized spacial score (nSPS) is 19.1. The number of methoxy groups -OCH3 is 1. The standard InChI is InChI=1S/C12H18NO6P/c1-7-10-9(6-18-12(2,3)19-10)8(5-13-7)11(17-4)20(14,15)16/h5,11H,6H2,1-4H3,(H2,14,15,16). The number of aromatic nitrogens is 1. The van der Waals surface area contributed by atoms with Gasteiger partial charge < -0.3 is 24.0 Å². The molecule has 2 rings (SSSR count). The van der Waals surface area contributed by atoms with Crippen LogP contribution < -0.4 is 4.74 Å². The van der Waals surface area contributed by atoms with Crippen molar-refractivity contribution in [2.45, 2.75) is 39.0 Å². The van der Waals surface area contributed by atoms with Gasteiger partial charge in [-0.05, 0) is 6.92 Å². The quantitative estimate of drug-likeness (QED) is 0.822. The molecule has 0 aliphatic carbocycles. The van der Waals surface area contributed by atoms with E-state index in [2.05, 4.69) is 4.98 Å². The van der Waals surface area contributed by atoms with E-state index in [0.717, 1.165) is 0 Å². The summed E-state index contributed by atoms with van der Waals surface area (Å²) in [7, 11) is -3.22. The highest BCUT2D eigenvalue weighted by atomic mass is 31.2. The number of aryl methyl sites for hydroxylation is 1. The predicted molar refractivity (Wildman–Crippen MR) is 70.3 cm³/mol. The summed E-state index contributed by atoms with van der Waals surface area (Å²) in [5.74, 6) is -1.69. The lowest BCUT2D eigenvalue weighted by atomic mass is 10.1. The third kappa shape index (κ3) is 2.87. The Morgan fingerprint density at radius 1 is 1.50 bits per heavy atom. The molecule has 0 aromatic carbocycles. The molecule has 0 saturated carbocycles. The van der Waals surface area contributed by atoms with E-state index in [-0.39, 0.29) is 12.2 Å². The van der Waals surface area contributed by atoms with Gasteiger partial charge in [-0.2, -0.15) is 0 Å². The van der Waals surface area contributed by atoms with Gasteiger partial charge in [-0.1, -0.05) is 0 Å². The number of hydrogen-bond donors (Lipinski definition) is 2. The average Bonchev–Trinajstić information content (AvgIpc) is 2.31. The maximum absolute atomic E-state index is 11.5. The van der Waals surface area contributed by atoms with Gasteiger partial charge >= 0.3 is 7.60 Å². The van der Waals surface area contributed by atoms with Crippen LogP contribution in [0.5, 0.6) is 5.75 Å². The van der Waals surface area contributed by atoms with Crippen molar-refractivity contribution in [2.24, 2.45) is 0 Å². The lowest BCUT2D eigenvalue weighted by Gasteiger charge is -2.35. The molecule has 1 aromatic rings. The number of rotatable bonds is 3. The first kappa shape index (κ1) is 15.4. The van der Waals surface area contributed by atoms with Gasteiger partial charge in [0.25, 0.3) is 0 Å². The highest BCUT2D eigenvalue weighted by molar-refractivity contribution is 7.52. The molecule has 2 N–H and O–H groups in total. The van der Waals surface area contributed by atoms with Crippen LogP contribution in [0.15, 0.2) is 6.20 Å². The van der Waals surface area contributed by atoms with E-state index < -0.39 is 19.2 Å². The first-order valence-electron chi connectivity index (χ1n) is 6.05. The second-order valence-corrected chi connectivity index (χ2v) is 6.72. The lowest BCUT2D eigenvalue weighted by Crippen LogP contribution is -2.36. The van der Waals surface area contributed by atoms with Crippen LogP contribution in [0.2, 0.25) is 0 Å². The monoisotopic (exact) mass is 303 g/mol. The van der Waals surface area contributed by atoms with Crippen molar-refractivity contribution in [2.75, 3.05) is 7.11 Å². The van der Waals surface area contributed by atoms with Crippen LogP contribution in [-0.4, -0.2) is 27.7 Å². The molecule has 2 heterocycles. The fourth-order valence-corrected chi connectivity index (χ4v) is 2.98. The van der Waals surface area contributed by atoms with Crippen molar-refractivity contribution >= 4 is 7.60 Å². The third-order valence-electron chi connectivity index (χ3n) is 3.06. The molecule has 0 fully saturated rings. The maximum Gasteiger partial charge on any atom is 0.358 e. The van der Waals surface area contributed by atoms with E-state index >= 15 is 0 Å². The Morgan fingerprint density at radius 3 is 2.70 bits per heavy atom. The van der Waals surface area contributed by atoms with E-state index in [0.29, 0.717) is 17.0 Å². The first-order chi connectivity index (χ1) is 9.15. The van der Waals surface area contributed by atoms with Crippen LogP contribution in [0.1, 0.15) is 36.5 Å². The zero-order chi connectivity index (χ0) is 15.1. The molecule has 7 nitrogen and oxygen atoms in total. The molecule has 0 spiro atoms. The minimum absolute atomic E-state index is 0.181. The largest absolute Gasteiger partial charge is 0.461 e. The van der Waals surface area contributed by atoms with Gasteiger partial charge in [0.05, 0.1) is 12.3 Å². The Morgan fingerprint density at radius 2 is 2.15 bits per heavy atom. The van der Waals surface area contributed by atoms with Crippen molar-refractivity contribution in [1.29, 1.82) is 0 Å². The first-order valence-corrected chi connectivity index (χ1v) is 7.73. The van der Waals surface area contributed by atoms with E-state index in [4.69, 9.17) is 14.2 Å². The molecule has 1 atom stereocenters. The number of hydrogen-bond acceptors (Lipinski definition) is 5. The van der Waals surface area contributed by atoms with Gasteiger partial charge in [0, 0.05) is 38.3 Å². The molecule has 0 bridgehead atoms. The van der Waals surface area contributed by atoms with Gasteiger partial charge in [-0.25, -0.2) is 0 Å². The third-order valence-corrected chi connectivity index (χ3v) is 4.16. The Hall–Kier alpha value is -0.980. The Bertz CT molecular complexity index is 567. The summed E-state index contributed by atoms with van der Waals surface area (Å²) in [6, 6.07) is 0. The topological polar surface area (TPSA) is 98.1 Å². The molecule has 1 unspecified atom stereocenters. The fraction of sp³-hybridized carbons (Fsp3) is 0.583. The molecule has 8 heteroatoms. The van der Waals surface area contributed by atoms with Gasteiger partial charge in [-0.3, -0.25) is 9.55 Å². The van der Waals surface area contributed by atoms with Crippen LogP contribution in [0.4, 0.5) is 0 Å². The van der Waals surface area contributed by atoms with E-state index in [1.807, 2.05) is 0 Å². The van der Waals surface area contributed by atoms with E-state index in [1.165, 1.54) is 13.3 Å². The molecule has 0 amide bonds. The van der Waals surface area contributed by atoms with Crippen LogP contribution in [0.25, 0.3) is 0 Å². The molecule has 0 radical (unpaired) electrons. The van der Waals surface area contributed by atoms with Crippen LogP contribution >= 0.6 is 7.60 Å². The number of fused-ring (bicyclic) bond motifs is 1. The van der Waals surface area contributed by atoms with Gasteiger partial charge in [-0.15, -0.1) is 0 Å². The Balaban J connectivity index is 2.55. The molecule has 20 heavy (non-hydrogen) atoms. The van der Waals surface area contributed by atoms with E-state index in [1.54, 1.807) is 20.8 Å².